The first-order valence-corrected chi connectivity index (χ1v) is 7.91. The van der Waals surface area contributed by atoms with Gasteiger partial charge in [-0.1, -0.05) is 23.7 Å². The number of rotatable bonds is 6. The number of aliphatic hydroxyl groups excluding tert-OH is 1. The summed E-state index contributed by atoms with van der Waals surface area (Å²) in [5.74, 6) is 0.822. The molecule has 2 saturated carbocycles. The highest BCUT2D eigenvalue weighted by Gasteiger charge is 2.53. The Morgan fingerprint density at radius 1 is 1.33 bits per heavy atom. The van der Waals surface area contributed by atoms with E-state index in [0.717, 1.165) is 18.0 Å². The lowest BCUT2D eigenvalue weighted by atomic mass is 10.0. The third-order valence-corrected chi connectivity index (χ3v) is 4.95. The van der Waals surface area contributed by atoms with Gasteiger partial charge in [-0.2, -0.15) is 0 Å². The molecule has 0 aliphatic heterocycles. The van der Waals surface area contributed by atoms with Crippen molar-refractivity contribution in [2.24, 2.45) is 11.3 Å². The Balaban J connectivity index is 1.51. The minimum absolute atomic E-state index is 0.136. The van der Waals surface area contributed by atoms with Gasteiger partial charge in [-0.15, -0.1) is 0 Å². The molecule has 0 heterocycles. The fourth-order valence-electron chi connectivity index (χ4n) is 2.98. The van der Waals surface area contributed by atoms with E-state index in [2.05, 4.69) is 10.6 Å². The molecule has 2 amide bonds. The van der Waals surface area contributed by atoms with Gasteiger partial charge in [-0.05, 0) is 54.7 Å². The van der Waals surface area contributed by atoms with Crippen LogP contribution in [-0.4, -0.2) is 24.3 Å². The van der Waals surface area contributed by atoms with Crippen LogP contribution >= 0.6 is 11.6 Å². The zero-order chi connectivity index (χ0) is 14.9. The van der Waals surface area contributed by atoms with Gasteiger partial charge in [-0.25, -0.2) is 4.79 Å². The van der Waals surface area contributed by atoms with E-state index in [1.165, 1.54) is 25.7 Å². The number of hydrogen-bond acceptors (Lipinski definition) is 2. The maximum atomic E-state index is 12.0. The second kappa shape index (κ2) is 5.85. The minimum atomic E-state index is -0.404. The van der Waals surface area contributed by atoms with E-state index >= 15 is 0 Å². The van der Waals surface area contributed by atoms with Crippen LogP contribution in [0.1, 0.15) is 37.3 Å². The van der Waals surface area contributed by atoms with Crippen molar-refractivity contribution in [2.45, 2.75) is 31.7 Å². The first-order valence-electron chi connectivity index (χ1n) is 7.54. The highest BCUT2D eigenvalue weighted by Crippen LogP contribution is 2.60. The van der Waals surface area contributed by atoms with E-state index in [1.807, 2.05) is 12.1 Å². The van der Waals surface area contributed by atoms with Crippen LogP contribution in [0.5, 0.6) is 0 Å². The SMILES string of the molecule is O=C(NCC1(C2CC2)CC1)NC(CO)c1ccc(Cl)cc1. The molecule has 3 N–H and O–H groups in total. The van der Waals surface area contributed by atoms with E-state index < -0.39 is 6.04 Å². The molecule has 5 heteroatoms. The van der Waals surface area contributed by atoms with E-state index in [-0.39, 0.29) is 12.6 Å². The average Bonchev–Trinajstić information content (AvgIpc) is 3.37. The Morgan fingerprint density at radius 3 is 2.52 bits per heavy atom. The van der Waals surface area contributed by atoms with Crippen LogP contribution in [0.15, 0.2) is 24.3 Å². The molecule has 1 aromatic carbocycles. The van der Waals surface area contributed by atoms with Crippen LogP contribution in [0.4, 0.5) is 4.79 Å². The molecule has 0 radical (unpaired) electrons. The molecular formula is C16H21ClN2O2. The van der Waals surface area contributed by atoms with Crippen molar-refractivity contribution < 1.29 is 9.90 Å². The Morgan fingerprint density at radius 2 is 2.00 bits per heavy atom. The monoisotopic (exact) mass is 308 g/mol. The number of benzene rings is 1. The lowest BCUT2D eigenvalue weighted by molar-refractivity contribution is 0.214. The summed E-state index contributed by atoms with van der Waals surface area (Å²) in [4.78, 5) is 12.0. The van der Waals surface area contributed by atoms with Crippen LogP contribution in [0, 0.1) is 11.3 Å². The molecule has 0 aromatic heterocycles. The molecule has 1 unspecified atom stereocenters. The van der Waals surface area contributed by atoms with Crippen molar-refractivity contribution in [1.29, 1.82) is 0 Å². The smallest absolute Gasteiger partial charge is 0.315 e. The highest BCUT2D eigenvalue weighted by molar-refractivity contribution is 6.30. The number of amides is 2. The molecule has 1 atom stereocenters. The Labute approximate surface area is 129 Å². The number of urea groups is 1. The summed E-state index contributed by atoms with van der Waals surface area (Å²) in [7, 11) is 0. The minimum Gasteiger partial charge on any atom is -0.394 e. The van der Waals surface area contributed by atoms with Crippen molar-refractivity contribution in [1.82, 2.24) is 10.6 Å². The van der Waals surface area contributed by atoms with Gasteiger partial charge in [0.25, 0.3) is 0 Å². The largest absolute Gasteiger partial charge is 0.394 e. The number of carbonyl (C=O) groups is 1. The summed E-state index contributed by atoms with van der Waals surface area (Å²) in [6, 6.07) is 6.53. The maximum Gasteiger partial charge on any atom is 0.315 e. The predicted octanol–water partition coefficient (Wildman–Crippen LogP) is 2.86. The van der Waals surface area contributed by atoms with Crippen LogP contribution in [0.25, 0.3) is 0 Å². The molecule has 0 saturated heterocycles. The van der Waals surface area contributed by atoms with Crippen molar-refractivity contribution >= 4 is 17.6 Å². The van der Waals surface area contributed by atoms with Gasteiger partial charge in [-0.3, -0.25) is 0 Å². The van der Waals surface area contributed by atoms with Crippen molar-refractivity contribution in [3.05, 3.63) is 34.9 Å². The van der Waals surface area contributed by atoms with E-state index in [0.29, 0.717) is 10.4 Å². The normalized spacial score (nSPS) is 20.7. The van der Waals surface area contributed by atoms with Gasteiger partial charge in [0.1, 0.15) is 0 Å². The number of hydrogen-bond donors (Lipinski definition) is 3. The van der Waals surface area contributed by atoms with Crippen LogP contribution in [0.2, 0.25) is 5.02 Å². The first-order chi connectivity index (χ1) is 10.1. The number of carbonyl (C=O) groups excluding carboxylic acids is 1. The third-order valence-electron chi connectivity index (χ3n) is 4.70. The quantitative estimate of drug-likeness (QED) is 0.757. The van der Waals surface area contributed by atoms with Gasteiger partial charge >= 0.3 is 6.03 Å². The number of halogens is 1. The molecular weight excluding hydrogens is 288 g/mol. The zero-order valence-electron chi connectivity index (χ0n) is 11.9. The average molecular weight is 309 g/mol. The summed E-state index contributed by atoms with van der Waals surface area (Å²) in [5.41, 5.74) is 1.23. The summed E-state index contributed by atoms with van der Waals surface area (Å²) in [6.07, 6.45) is 5.10. The Bertz CT molecular complexity index is 510. The Hall–Kier alpha value is -1.26. The van der Waals surface area contributed by atoms with Crippen LogP contribution in [0.3, 0.4) is 0 Å². The van der Waals surface area contributed by atoms with Gasteiger partial charge < -0.3 is 15.7 Å². The third kappa shape index (κ3) is 3.50. The molecule has 4 nitrogen and oxygen atoms in total. The molecule has 0 spiro atoms. The first kappa shape index (κ1) is 14.7. The van der Waals surface area contributed by atoms with Crippen molar-refractivity contribution in [3.8, 4) is 0 Å². The van der Waals surface area contributed by atoms with Crippen molar-refractivity contribution in [3.63, 3.8) is 0 Å². The molecule has 114 valence electrons. The van der Waals surface area contributed by atoms with Crippen LogP contribution < -0.4 is 10.6 Å². The highest BCUT2D eigenvalue weighted by atomic mass is 35.5. The summed E-state index contributed by atoms with van der Waals surface area (Å²) in [6.45, 7) is 0.616. The lowest BCUT2D eigenvalue weighted by Crippen LogP contribution is -2.42. The van der Waals surface area contributed by atoms with Gasteiger partial charge in [0, 0.05) is 11.6 Å². The standard InChI is InChI=1S/C16H21ClN2O2/c17-13-5-1-11(2-6-13)14(9-20)19-15(21)18-10-16(7-8-16)12-3-4-12/h1-2,5-6,12,14,20H,3-4,7-10H2,(H2,18,19,21). The van der Waals surface area contributed by atoms with E-state index in [4.69, 9.17) is 11.6 Å². The summed E-state index contributed by atoms with van der Waals surface area (Å²) in [5, 5.41) is 15.9. The summed E-state index contributed by atoms with van der Waals surface area (Å²) >= 11 is 5.85. The molecule has 2 aliphatic rings. The lowest BCUT2D eigenvalue weighted by Gasteiger charge is -2.20. The maximum absolute atomic E-state index is 12.0. The molecule has 21 heavy (non-hydrogen) atoms. The second-order valence-corrected chi connectivity index (χ2v) is 6.69. The van der Waals surface area contributed by atoms with Gasteiger partial charge in [0.2, 0.25) is 0 Å². The molecule has 2 aliphatic carbocycles. The van der Waals surface area contributed by atoms with Crippen molar-refractivity contribution in [2.75, 3.05) is 13.2 Å². The molecule has 2 fully saturated rings. The second-order valence-electron chi connectivity index (χ2n) is 6.25. The van der Waals surface area contributed by atoms with Gasteiger partial charge in [0.05, 0.1) is 12.6 Å². The fourth-order valence-corrected chi connectivity index (χ4v) is 3.11. The van der Waals surface area contributed by atoms with E-state index in [1.54, 1.807) is 12.1 Å². The molecule has 1 aromatic rings. The van der Waals surface area contributed by atoms with Gasteiger partial charge in [0.15, 0.2) is 0 Å². The predicted molar refractivity (Wildman–Crippen MR) is 82.2 cm³/mol. The summed E-state index contributed by atoms with van der Waals surface area (Å²) < 4.78 is 0. The molecule has 0 bridgehead atoms. The molecule has 3 rings (SSSR count). The fraction of sp³-hybridized carbons (Fsp3) is 0.562. The Kier molecular flexibility index (Phi) is 4.09. The topological polar surface area (TPSA) is 61.4 Å². The van der Waals surface area contributed by atoms with E-state index in [9.17, 15) is 9.90 Å². The zero-order valence-corrected chi connectivity index (χ0v) is 12.7. The van der Waals surface area contributed by atoms with Crippen LogP contribution in [-0.2, 0) is 0 Å². The number of nitrogens with one attached hydrogen (secondary N) is 2. The number of aliphatic hydroxyl groups is 1.